The van der Waals surface area contributed by atoms with Gasteiger partial charge in [0.25, 0.3) is 0 Å². The van der Waals surface area contributed by atoms with E-state index in [-0.39, 0.29) is 41.8 Å². The van der Waals surface area contributed by atoms with E-state index < -0.39 is 6.61 Å². The van der Waals surface area contributed by atoms with Crippen molar-refractivity contribution in [2.24, 2.45) is 4.99 Å². The summed E-state index contributed by atoms with van der Waals surface area (Å²) in [6, 6.07) is 11.2. The molecular weight excluding hydrogens is 543 g/mol. The summed E-state index contributed by atoms with van der Waals surface area (Å²) < 4.78 is 35.9. The molecule has 2 atom stereocenters. The highest BCUT2D eigenvalue weighted by molar-refractivity contribution is 14.0. The van der Waals surface area contributed by atoms with E-state index in [0.717, 1.165) is 37.8 Å². The number of hydrogen-bond donors (Lipinski definition) is 2. The SMILES string of the molecule is CN=C(NCC(c1ccco1)N1CCCC1)NC1CCN(c2ccccc2OC(F)F)C1.I. The second kappa shape index (κ2) is 12.4. The molecule has 1 aromatic heterocycles. The number of para-hydroxylation sites is 2. The van der Waals surface area contributed by atoms with Gasteiger partial charge in [0, 0.05) is 32.7 Å². The van der Waals surface area contributed by atoms with Crippen molar-refractivity contribution >= 4 is 35.6 Å². The number of ether oxygens (including phenoxy) is 1. The minimum absolute atomic E-state index is 0. The second-order valence-corrected chi connectivity index (χ2v) is 8.15. The molecular formula is C23H32F2IN5O2. The van der Waals surface area contributed by atoms with Gasteiger partial charge in [-0.3, -0.25) is 9.89 Å². The normalized spacial score (nSPS) is 20.1. The monoisotopic (exact) mass is 575 g/mol. The first-order valence-electron chi connectivity index (χ1n) is 11.2. The van der Waals surface area contributed by atoms with Gasteiger partial charge in [-0.1, -0.05) is 12.1 Å². The molecule has 2 unspecified atom stereocenters. The van der Waals surface area contributed by atoms with Gasteiger partial charge in [0.2, 0.25) is 0 Å². The highest BCUT2D eigenvalue weighted by Crippen LogP contribution is 2.32. The predicted octanol–water partition coefficient (Wildman–Crippen LogP) is 4.08. The molecule has 0 bridgehead atoms. The number of aliphatic imine (C=N–C) groups is 1. The van der Waals surface area contributed by atoms with Crippen molar-refractivity contribution in [3.8, 4) is 5.75 Å². The first-order valence-corrected chi connectivity index (χ1v) is 11.2. The smallest absolute Gasteiger partial charge is 0.387 e. The van der Waals surface area contributed by atoms with Crippen LogP contribution in [0.4, 0.5) is 14.5 Å². The summed E-state index contributed by atoms with van der Waals surface area (Å²) >= 11 is 0. The van der Waals surface area contributed by atoms with Crippen LogP contribution in [0.3, 0.4) is 0 Å². The van der Waals surface area contributed by atoms with Gasteiger partial charge in [-0.25, -0.2) is 0 Å². The van der Waals surface area contributed by atoms with Gasteiger partial charge in [0.15, 0.2) is 5.96 Å². The molecule has 0 amide bonds. The van der Waals surface area contributed by atoms with Crippen LogP contribution in [0.15, 0.2) is 52.1 Å². The molecule has 2 saturated heterocycles. The molecule has 3 heterocycles. The Bertz CT molecular complexity index is 877. The lowest BCUT2D eigenvalue weighted by molar-refractivity contribution is -0.0495. The summed E-state index contributed by atoms with van der Waals surface area (Å²) in [6.07, 6.45) is 5.00. The largest absolute Gasteiger partial charge is 0.468 e. The molecule has 0 aliphatic carbocycles. The van der Waals surface area contributed by atoms with Gasteiger partial charge in [0.05, 0.1) is 18.0 Å². The van der Waals surface area contributed by atoms with Crippen molar-refractivity contribution in [2.75, 3.05) is 44.7 Å². The molecule has 4 rings (SSSR count). The number of nitrogens with zero attached hydrogens (tertiary/aromatic N) is 3. The molecule has 2 fully saturated rings. The van der Waals surface area contributed by atoms with Crippen LogP contribution in [-0.4, -0.2) is 63.3 Å². The molecule has 2 N–H and O–H groups in total. The molecule has 10 heteroatoms. The van der Waals surface area contributed by atoms with E-state index in [1.54, 1.807) is 25.4 Å². The molecule has 2 aromatic rings. The summed E-state index contributed by atoms with van der Waals surface area (Å²) in [5.74, 6) is 1.89. The Labute approximate surface area is 210 Å². The van der Waals surface area contributed by atoms with E-state index in [4.69, 9.17) is 9.15 Å². The summed E-state index contributed by atoms with van der Waals surface area (Å²) in [7, 11) is 1.76. The number of anilines is 1. The van der Waals surface area contributed by atoms with E-state index in [2.05, 4.69) is 25.4 Å². The molecule has 182 valence electrons. The zero-order chi connectivity index (χ0) is 22.3. The Balaban J connectivity index is 0.00000306. The van der Waals surface area contributed by atoms with Crippen molar-refractivity contribution in [3.05, 3.63) is 48.4 Å². The number of halogens is 3. The van der Waals surface area contributed by atoms with Gasteiger partial charge in [-0.05, 0) is 56.6 Å². The molecule has 0 saturated carbocycles. The fraction of sp³-hybridized carbons (Fsp3) is 0.522. The molecule has 0 spiro atoms. The zero-order valence-electron chi connectivity index (χ0n) is 18.8. The standard InChI is InChI=1S/C23H31F2N5O2.HI/c1-26-23(27-15-19(20-9-6-14-31-20)29-11-4-5-12-29)28-17-10-13-30(16-17)18-7-2-3-8-21(18)32-22(24)25;/h2-3,6-9,14,17,19,22H,4-5,10-13,15-16H2,1H3,(H2,26,27,28);1H. The van der Waals surface area contributed by atoms with Crippen LogP contribution < -0.4 is 20.3 Å². The second-order valence-electron chi connectivity index (χ2n) is 8.15. The topological polar surface area (TPSA) is 65.3 Å². The van der Waals surface area contributed by atoms with E-state index in [9.17, 15) is 8.78 Å². The average Bonchev–Trinajstić information content (AvgIpc) is 3.56. The quantitative estimate of drug-likeness (QED) is 0.281. The minimum atomic E-state index is -2.84. The Morgan fingerprint density at radius 2 is 1.97 bits per heavy atom. The number of nitrogens with one attached hydrogen (secondary N) is 2. The van der Waals surface area contributed by atoms with E-state index in [1.807, 2.05) is 24.3 Å². The van der Waals surface area contributed by atoms with E-state index >= 15 is 0 Å². The fourth-order valence-corrected chi connectivity index (χ4v) is 4.54. The maximum absolute atomic E-state index is 12.8. The van der Waals surface area contributed by atoms with Crippen molar-refractivity contribution in [3.63, 3.8) is 0 Å². The van der Waals surface area contributed by atoms with Crippen molar-refractivity contribution in [1.29, 1.82) is 0 Å². The summed E-state index contributed by atoms with van der Waals surface area (Å²) in [4.78, 5) is 8.90. The summed E-state index contributed by atoms with van der Waals surface area (Å²) in [5.41, 5.74) is 0.687. The molecule has 0 radical (unpaired) electrons. The lowest BCUT2D eigenvalue weighted by Gasteiger charge is -2.27. The van der Waals surface area contributed by atoms with Crippen LogP contribution in [0.5, 0.6) is 5.75 Å². The number of furan rings is 1. The lowest BCUT2D eigenvalue weighted by Crippen LogP contribution is -2.47. The number of hydrogen-bond acceptors (Lipinski definition) is 5. The fourth-order valence-electron chi connectivity index (χ4n) is 4.54. The first-order chi connectivity index (χ1) is 15.6. The third kappa shape index (κ3) is 6.72. The highest BCUT2D eigenvalue weighted by atomic mass is 127. The zero-order valence-corrected chi connectivity index (χ0v) is 21.1. The molecule has 1 aromatic carbocycles. The predicted molar refractivity (Wildman–Crippen MR) is 136 cm³/mol. The van der Waals surface area contributed by atoms with Crippen LogP contribution in [-0.2, 0) is 0 Å². The number of benzene rings is 1. The Morgan fingerprint density at radius 3 is 2.67 bits per heavy atom. The summed E-state index contributed by atoms with van der Waals surface area (Å²) in [5, 5.41) is 6.92. The number of likely N-dealkylation sites (tertiary alicyclic amines) is 1. The van der Waals surface area contributed by atoms with E-state index in [0.29, 0.717) is 18.8 Å². The van der Waals surface area contributed by atoms with E-state index in [1.165, 1.54) is 12.8 Å². The van der Waals surface area contributed by atoms with Crippen molar-refractivity contribution in [2.45, 2.75) is 38.0 Å². The summed E-state index contributed by atoms with van der Waals surface area (Å²) in [6.45, 7) is 1.41. The number of rotatable bonds is 8. The Morgan fingerprint density at radius 1 is 1.18 bits per heavy atom. The van der Waals surface area contributed by atoms with Crippen LogP contribution in [0.2, 0.25) is 0 Å². The maximum Gasteiger partial charge on any atom is 0.387 e. The third-order valence-corrected chi connectivity index (χ3v) is 6.09. The third-order valence-electron chi connectivity index (χ3n) is 6.09. The number of guanidine groups is 1. The lowest BCUT2D eigenvalue weighted by atomic mass is 10.2. The average molecular weight is 575 g/mol. The van der Waals surface area contributed by atoms with Crippen LogP contribution in [0, 0.1) is 0 Å². The van der Waals surface area contributed by atoms with Gasteiger partial charge >= 0.3 is 6.61 Å². The molecule has 2 aliphatic rings. The van der Waals surface area contributed by atoms with Gasteiger partial charge < -0.3 is 24.7 Å². The van der Waals surface area contributed by atoms with Gasteiger partial charge in [-0.15, -0.1) is 24.0 Å². The Hall–Kier alpha value is -2.08. The van der Waals surface area contributed by atoms with Crippen LogP contribution >= 0.6 is 24.0 Å². The Kier molecular flexibility index (Phi) is 9.60. The van der Waals surface area contributed by atoms with Gasteiger partial charge in [0.1, 0.15) is 11.5 Å². The van der Waals surface area contributed by atoms with Crippen LogP contribution in [0.1, 0.15) is 31.1 Å². The van der Waals surface area contributed by atoms with Gasteiger partial charge in [-0.2, -0.15) is 8.78 Å². The maximum atomic E-state index is 12.8. The first kappa shape index (κ1) is 25.5. The molecule has 2 aliphatic heterocycles. The molecule has 7 nitrogen and oxygen atoms in total. The molecule has 33 heavy (non-hydrogen) atoms. The van der Waals surface area contributed by atoms with Crippen molar-refractivity contribution in [1.82, 2.24) is 15.5 Å². The van der Waals surface area contributed by atoms with Crippen LogP contribution in [0.25, 0.3) is 0 Å². The highest BCUT2D eigenvalue weighted by Gasteiger charge is 2.28. The number of alkyl halides is 2. The minimum Gasteiger partial charge on any atom is -0.468 e. The van der Waals surface area contributed by atoms with Crippen molar-refractivity contribution < 1.29 is 17.9 Å².